The van der Waals surface area contributed by atoms with Gasteiger partial charge >= 0.3 is 5.97 Å². The van der Waals surface area contributed by atoms with Gasteiger partial charge in [-0.05, 0) is 24.3 Å². The van der Waals surface area contributed by atoms with Crippen LogP contribution in [0.5, 0.6) is 5.75 Å². The van der Waals surface area contributed by atoms with E-state index in [2.05, 4.69) is 15.5 Å². The molecule has 1 aromatic carbocycles. The Balaban J connectivity index is 1.62. The number of nitrogens with zero attached hydrogens (tertiary/aromatic N) is 3. The summed E-state index contributed by atoms with van der Waals surface area (Å²) in [6, 6.07) is 6.49. The van der Waals surface area contributed by atoms with Crippen molar-refractivity contribution in [3.63, 3.8) is 0 Å². The van der Waals surface area contributed by atoms with Crippen molar-refractivity contribution in [2.45, 2.75) is 42.2 Å². The molecule has 0 unspecified atom stereocenters. The van der Waals surface area contributed by atoms with E-state index < -0.39 is 21.4 Å². The molecule has 36 heavy (non-hydrogen) atoms. The number of hydrogen-bond donors (Lipinski definition) is 1. The lowest BCUT2D eigenvalue weighted by atomic mass is 10.2. The first kappa shape index (κ1) is 27.5. The Morgan fingerprint density at radius 3 is 2.44 bits per heavy atom. The van der Waals surface area contributed by atoms with E-state index in [0.717, 1.165) is 6.26 Å². The number of nitrogens with one attached hydrogen (secondary N) is 1. The Hall–Kier alpha value is -3.07. The van der Waals surface area contributed by atoms with Crippen LogP contribution in [-0.4, -0.2) is 47.9 Å². The fraction of sp³-hybridized carbons (Fsp3) is 0.318. The fourth-order valence-corrected chi connectivity index (χ4v) is 6.00. The molecule has 14 heteroatoms. The van der Waals surface area contributed by atoms with Gasteiger partial charge in [-0.15, -0.1) is 10.2 Å². The van der Waals surface area contributed by atoms with Crippen molar-refractivity contribution in [2.75, 3.05) is 18.4 Å². The molecule has 0 saturated carbocycles. The average molecular weight is 553 g/mol. The lowest BCUT2D eigenvalue weighted by molar-refractivity contribution is -0.115. The summed E-state index contributed by atoms with van der Waals surface area (Å²) in [7, 11) is -3.66. The second kappa shape index (κ2) is 12.3. The van der Waals surface area contributed by atoms with Gasteiger partial charge in [-0.25, -0.2) is 13.2 Å². The van der Waals surface area contributed by atoms with E-state index in [-0.39, 0.29) is 27.9 Å². The number of esters is 1. The van der Waals surface area contributed by atoms with Crippen LogP contribution in [0.15, 0.2) is 55.0 Å². The molecular weight excluding hydrogens is 528 g/mol. The highest BCUT2D eigenvalue weighted by molar-refractivity contribution is 8.00. The zero-order valence-electron chi connectivity index (χ0n) is 19.7. The summed E-state index contributed by atoms with van der Waals surface area (Å²) in [5.41, 5.74) is -0.478. The summed E-state index contributed by atoms with van der Waals surface area (Å²) in [6.07, 6.45) is 1.37. The SMILES string of the molecule is CCC(=O)Nc1nnc(SCc2cc(=O)c(OC(=O)c3ccc(S(=O)(=O)N(CC)CC)cc3)co2)s1. The second-order valence-electron chi connectivity index (χ2n) is 7.14. The summed E-state index contributed by atoms with van der Waals surface area (Å²) in [4.78, 5) is 36.3. The highest BCUT2D eigenvalue weighted by atomic mass is 32.2. The number of carbonyl (C=O) groups is 2. The van der Waals surface area contributed by atoms with Crippen molar-refractivity contribution in [3.05, 3.63) is 58.1 Å². The van der Waals surface area contributed by atoms with Crippen LogP contribution < -0.4 is 15.5 Å². The summed E-state index contributed by atoms with van der Waals surface area (Å²) in [6.45, 7) is 5.86. The highest BCUT2D eigenvalue weighted by Crippen LogP contribution is 2.28. The fourth-order valence-electron chi connectivity index (χ4n) is 2.88. The third-order valence-electron chi connectivity index (χ3n) is 4.80. The maximum Gasteiger partial charge on any atom is 0.343 e. The number of anilines is 1. The zero-order valence-corrected chi connectivity index (χ0v) is 22.2. The number of benzene rings is 1. The van der Waals surface area contributed by atoms with E-state index in [0.29, 0.717) is 34.7 Å². The average Bonchev–Trinajstić information content (AvgIpc) is 3.31. The third-order valence-corrected chi connectivity index (χ3v) is 8.86. The van der Waals surface area contributed by atoms with E-state index in [1.807, 2.05) is 0 Å². The molecule has 1 N–H and O–H groups in total. The first-order chi connectivity index (χ1) is 17.2. The normalized spacial score (nSPS) is 11.4. The zero-order chi connectivity index (χ0) is 26.3. The Morgan fingerprint density at radius 2 is 1.83 bits per heavy atom. The van der Waals surface area contributed by atoms with Gasteiger partial charge in [0.25, 0.3) is 0 Å². The molecule has 0 spiro atoms. The van der Waals surface area contributed by atoms with Gasteiger partial charge in [0.05, 0.1) is 16.2 Å². The molecule has 0 saturated heterocycles. The van der Waals surface area contributed by atoms with Crippen molar-refractivity contribution in [1.29, 1.82) is 0 Å². The van der Waals surface area contributed by atoms with E-state index >= 15 is 0 Å². The van der Waals surface area contributed by atoms with Crippen LogP contribution in [0.3, 0.4) is 0 Å². The van der Waals surface area contributed by atoms with Gasteiger partial charge in [0, 0.05) is 25.6 Å². The number of thioether (sulfide) groups is 1. The molecule has 0 radical (unpaired) electrons. The molecule has 192 valence electrons. The quantitative estimate of drug-likeness (QED) is 0.213. The Bertz CT molecular complexity index is 1380. The number of hydrogen-bond acceptors (Lipinski definition) is 11. The highest BCUT2D eigenvalue weighted by Gasteiger charge is 2.22. The predicted octanol–water partition coefficient (Wildman–Crippen LogP) is 3.38. The lowest BCUT2D eigenvalue weighted by Crippen LogP contribution is -2.30. The minimum Gasteiger partial charge on any atom is -0.464 e. The molecule has 1 amide bonds. The molecule has 0 aliphatic heterocycles. The van der Waals surface area contributed by atoms with Crippen molar-refractivity contribution >= 4 is 50.1 Å². The Kier molecular flexibility index (Phi) is 9.37. The smallest absolute Gasteiger partial charge is 0.343 e. The Morgan fingerprint density at radius 1 is 1.14 bits per heavy atom. The van der Waals surface area contributed by atoms with Crippen molar-refractivity contribution < 1.29 is 27.2 Å². The molecule has 3 rings (SSSR count). The molecule has 0 atom stereocenters. The Labute approximate surface area is 215 Å². The molecule has 0 bridgehead atoms. The first-order valence-corrected chi connectivity index (χ1v) is 14.1. The number of ether oxygens (including phenoxy) is 1. The van der Waals surface area contributed by atoms with Crippen LogP contribution >= 0.6 is 23.1 Å². The lowest BCUT2D eigenvalue weighted by Gasteiger charge is -2.18. The van der Waals surface area contributed by atoms with Gasteiger partial charge in [0.1, 0.15) is 12.0 Å². The van der Waals surface area contributed by atoms with Crippen LogP contribution in [0.2, 0.25) is 0 Å². The van der Waals surface area contributed by atoms with E-state index in [1.54, 1.807) is 20.8 Å². The molecule has 0 aliphatic carbocycles. The number of aromatic nitrogens is 2. The van der Waals surface area contributed by atoms with E-state index in [4.69, 9.17) is 9.15 Å². The minimum atomic E-state index is -3.66. The van der Waals surface area contributed by atoms with Crippen molar-refractivity contribution in [3.8, 4) is 5.75 Å². The molecule has 0 aliphatic rings. The van der Waals surface area contributed by atoms with E-state index in [9.17, 15) is 22.8 Å². The largest absolute Gasteiger partial charge is 0.464 e. The first-order valence-electron chi connectivity index (χ1n) is 10.9. The standard InChI is InChI=1S/C22H24N4O7S3/c1-4-19(28)23-21-24-25-22(35-21)34-13-15-11-17(27)18(12-32-15)33-20(29)14-7-9-16(10-8-14)36(30,31)26(5-2)6-3/h7-12H,4-6,13H2,1-3H3,(H,23,24,28). The van der Waals surface area contributed by atoms with Gasteiger partial charge in [0.2, 0.25) is 32.2 Å². The summed E-state index contributed by atoms with van der Waals surface area (Å²) < 4.78 is 37.6. The van der Waals surface area contributed by atoms with Crippen LogP contribution in [0, 0.1) is 0 Å². The van der Waals surface area contributed by atoms with Crippen molar-refractivity contribution in [2.24, 2.45) is 0 Å². The molecule has 11 nitrogen and oxygen atoms in total. The van der Waals surface area contributed by atoms with Crippen LogP contribution in [0.25, 0.3) is 0 Å². The van der Waals surface area contributed by atoms with Crippen molar-refractivity contribution in [1.82, 2.24) is 14.5 Å². The maximum absolute atomic E-state index is 12.6. The topological polar surface area (TPSA) is 149 Å². The number of rotatable bonds is 11. The van der Waals surface area contributed by atoms with Gasteiger partial charge in [-0.1, -0.05) is 43.9 Å². The molecular formula is C22H24N4O7S3. The second-order valence-corrected chi connectivity index (χ2v) is 11.3. The molecule has 2 heterocycles. The number of carbonyl (C=O) groups excluding carboxylic acids is 2. The predicted molar refractivity (Wildman–Crippen MR) is 135 cm³/mol. The monoisotopic (exact) mass is 552 g/mol. The van der Waals surface area contributed by atoms with Gasteiger partial charge in [-0.2, -0.15) is 4.31 Å². The molecule has 3 aromatic rings. The van der Waals surface area contributed by atoms with Gasteiger partial charge in [-0.3, -0.25) is 9.59 Å². The number of sulfonamides is 1. The number of amides is 1. The summed E-state index contributed by atoms with van der Waals surface area (Å²) >= 11 is 2.46. The molecule has 2 aromatic heterocycles. The summed E-state index contributed by atoms with van der Waals surface area (Å²) in [5, 5.41) is 10.8. The third kappa shape index (κ3) is 6.78. The van der Waals surface area contributed by atoms with E-state index in [1.165, 1.54) is 57.7 Å². The summed E-state index contributed by atoms with van der Waals surface area (Å²) in [5.74, 6) is -0.701. The van der Waals surface area contributed by atoms with Crippen LogP contribution in [-0.2, 0) is 20.6 Å². The molecule has 0 fully saturated rings. The van der Waals surface area contributed by atoms with Gasteiger partial charge < -0.3 is 14.5 Å². The maximum atomic E-state index is 12.6. The van der Waals surface area contributed by atoms with Gasteiger partial charge in [0.15, 0.2) is 4.34 Å². The van der Waals surface area contributed by atoms with Crippen LogP contribution in [0.1, 0.15) is 43.3 Å². The minimum absolute atomic E-state index is 0.0550. The van der Waals surface area contributed by atoms with Crippen LogP contribution in [0.4, 0.5) is 5.13 Å².